The minimum Gasteiger partial charge on any atom is -0.462 e. The molecule has 0 saturated heterocycles. The van der Waals surface area contributed by atoms with Gasteiger partial charge in [-0.05, 0) is 36.8 Å². The molecule has 2 aromatic carbocycles. The van der Waals surface area contributed by atoms with Crippen LogP contribution >= 0.6 is 27.5 Å². The van der Waals surface area contributed by atoms with Crippen molar-refractivity contribution in [1.82, 2.24) is 4.90 Å². The van der Waals surface area contributed by atoms with Gasteiger partial charge in [0.2, 0.25) is 0 Å². The molecule has 144 valence electrons. The largest absolute Gasteiger partial charge is 0.462 e. The van der Waals surface area contributed by atoms with E-state index in [0.29, 0.717) is 15.6 Å². The van der Waals surface area contributed by atoms with Crippen molar-refractivity contribution in [3.63, 3.8) is 0 Å². The first-order chi connectivity index (χ1) is 13.3. The zero-order valence-corrected chi connectivity index (χ0v) is 16.5. The van der Waals surface area contributed by atoms with Gasteiger partial charge in [0.25, 0.3) is 17.5 Å². The number of amides is 2. The predicted molar refractivity (Wildman–Crippen MR) is 103 cm³/mol. The summed E-state index contributed by atoms with van der Waals surface area (Å²) >= 11 is 8.97. The highest BCUT2D eigenvalue weighted by molar-refractivity contribution is 9.10. The highest BCUT2D eigenvalue weighted by Crippen LogP contribution is 2.27. The molecule has 28 heavy (non-hydrogen) atoms. The fourth-order valence-electron chi connectivity index (χ4n) is 2.72. The van der Waals surface area contributed by atoms with Gasteiger partial charge >= 0.3 is 5.97 Å². The third-order valence-electron chi connectivity index (χ3n) is 4.07. The number of benzene rings is 2. The van der Waals surface area contributed by atoms with Crippen LogP contribution in [0, 0.1) is 10.1 Å². The topological polar surface area (TPSA) is 107 Å². The van der Waals surface area contributed by atoms with E-state index in [4.69, 9.17) is 16.3 Å². The maximum Gasteiger partial charge on any atom is 0.338 e. The second kappa shape index (κ2) is 8.07. The van der Waals surface area contributed by atoms with E-state index in [1.165, 1.54) is 12.1 Å². The molecule has 0 bridgehead atoms. The van der Waals surface area contributed by atoms with Gasteiger partial charge in [0.1, 0.15) is 5.02 Å². The molecule has 3 rings (SSSR count). The van der Waals surface area contributed by atoms with Gasteiger partial charge in [-0.2, -0.15) is 0 Å². The number of esters is 1. The molecule has 0 spiro atoms. The number of carbonyl (C=O) groups is 3. The van der Waals surface area contributed by atoms with E-state index in [1.807, 2.05) is 0 Å². The normalized spacial score (nSPS) is 12.9. The number of nitro groups is 1. The molecule has 1 heterocycles. The summed E-state index contributed by atoms with van der Waals surface area (Å²) < 4.78 is 5.76. The van der Waals surface area contributed by atoms with E-state index in [2.05, 4.69) is 15.9 Å². The van der Waals surface area contributed by atoms with E-state index in [9.17, 15) is 24.5 Å². The molecule has 2 amide bonds. The lowest BCUT2D eigenvalue weighted by atomic mass is 10.1. The predicted octanol–water partition coefficient (Wildman–Crippen LogP) is 3.85. The maximum absolute atomic E-state index is 12.3. The average molecular weight is 468 g/mol. The Hall–Kier alpha value is -2.78. The van der Waals surface area contributed by atoms with E-state index < -0.39 is 28.4 Å². The van der Waals surface area contributed by atoms with Crippen LogP contribution in [0.4, 0.5) is 5.69 Å². The highest BCUT2D eigenvalue weighted by atomic mass is 79.9. The van der Waals surface area contributed by atoms with E-state index in [1.54, 1.807) is 18.2 Å². The molecule has 1 aliphatic rings. The van der Waals surface area contributed by atoms with Gasteiger partial charge in [-0.25, -0.2) is 4.79 Å². The van der Waals surface area contributed by atoms with Gasteiger partial charge in [0.05, 0.1) is 28.2 Å². The number of fused-ring (bicyclic) bond motifs is 1. The van der Waals surface area contributed by atoms with Crippen LogP contribution in [-0.2, 0) is 4.74 Å². The summed E-state index contributed by atoms with van der Waals surface area (Å²) in [5.41, 5.74) is 0.249. The molecule has 0 fully saturated rings. The number of ether oxygens (including phenoxy) is 1. The third-order valence-corrected chi connectivity index (χ3v) is 4.88. The van der Waals surface area contributed by atoms with E-state index in [0.717, 1.165) is 11.0 Å². The van der Waals surface area contributed by atoms with Crippen LogP contribution in [-0.4, -0.2) is 40.8 Å². The Kier molecular flexibility index (Phi) is 5.76. The lowest BCUT2D eigenvalue weighted by Crippen LogP contribution is -2.31. The van der Waals surface area contributed by atoms with Crippen LogP contribution < -0.4 is 0 Å². The van der Waals surface area contributed by atoms with E-state index >= 15 is 0 Å². The van der Waals surface area contributed by atoms with Crippen LogP contribution in [0.3, 0.4) is 0 Å². The van der Waals surface area contributed by atoms with E-state index in [-0.39, 0.29) is 30.2 Å². The lowest BCUT2D eigenvalue weighted by molar-refractivity contribution is -0.384. The fraction of sp³-hybridized carbons (Fsp3) is 0.167. The second-order valence-electron chi connectivity index (χ2n) is 5.86. The summed E-state index contributed by atoms with van der Waals surface area (Å²) in [5.74, 6) is -1.56. The van der Waals surface area contributed by atoms with Crippen molar-refractivity contribution in [2.75, 3.05) is 13.2 Å². The molecule has 0 aliphatic carbocycles. The van der Waals surface area contributed by atoms with Gasteiger partial charge in [-0.15, -0.1) is 0 Å². The van der Waals surface area contributed by atoms with Crippen LogP contribution in [0.5, 0.6) is 0 Å². The first kappa shape index (κ1) is 20.0. The Bertz CT molecular complexity index is 1010. The van der Waals surface area contributed by atoms with Crippen molar-refractivity contribution in [2.24, 2.45) is 0 Å². The summed E-state index contributed by atoms with van der Waals surface area (Å²) in [5, 5.41) is 10.8. The number of rotatable bonds is 6. The number of halogens is 2. The number of hydrogen-bond donors (Lipinski definition) is 0. The molecule has 1 aliphatic heterocycles. The number of nitro benzene ring substituents is 1. The smallest absolute Gasteiger partial charge is 0.338 e. The molecule has 0 unspecified atom stereocenters. The van der Waals surface area contributed by atoms with Gasteiger partial charge in [0, 0.05) is 17.1 Å². The number of imide groups is 1. The molecule has 0 N–H and O–H groups in total. The molecule has 2 aromatic rings. The SMILES string of the molecule is O=C(OCCCN1C(=O)c2ccc(Br)cc2C1=O)c1ccc(Cl)c([N+](=O)[O-])c1. The summed E-state index contributed by atoms with van der Waals surface area (Å²) in [7, 11) is 0. The zero-order valence-electron chi connectivity index (χ0n) is 14.2. The molecule has 0 saturated carbocycles. The molecule has 0 radical (unpaired) electrons. The molecular formula is C18H12BrClN2O6. The van der Waals surface area contributed by atoms with Crippen molar-refractivity contribution >= 4 is 51.0 Å². The standard InChI is InChI=1S/C18H12BrClN2O6/c19-11-3-4-12-13(9-11)17(24)21(16(12)23)6-1-7-28-18(25)10-2-5-14(20)15(8-10)22(26)27/h2-5,8-9H,1,6-7H2. The summed E-state index contributed by atoms with van der Waals surface area (Å²) in [6.07, 6.45) is 0.230. The van der Waals surface area contributed by atoms with Gasteiger partial charge in [-0.3, -0.25) is 24.6 Å². The van der Waals surface area contributed by atoms with Gasteiger partial charge in [0.15, 0.2) is 0 Å². The van der Waals surface area contributed by atoms with Crippen molar-refractivity contribution in [2.45, 2.75) is 6.42 Å². The third kappa shape index (κ3) is 3.90. The molecule has 8 nitrogen and oxygen atoms in total. The van der Waals surface area contributed by atoms with Crippen LogP contribution in [0.1, 0.15) is 37.5 Å². The first-order valence-corrected chi connectivity index (χ1v) is 9.23. The van der Waals surface area contributed by atoms with Crippen molar-refractivity contribution in [1.29, 1.82) is 0 Å². The minimum atomic E-state index is -0.758. The quantitative estimate of drug-likeness (QED) is 0.210. The Labute approximate surface area is 172 Å². The van der Waals surface area contributed by atoms with Gasteiger partial charge < -0.3 is 4.74 Å². The second-order valence-corrected chi connectivity index (χ2v) is 7.19. The van der Waals surface area contributed by atoms with Crippen molar-refractivity contribution < 1.29 is 24.0 Å². The Morgan fingerprint density at radius 3 is 2.57 bits per heavy atom. The maximum atomic E-state index is 12.3. The summed E-state index contributed by atoms with van der Waals surface area (Å²) in [6.45, 7) is 0.0182. The van der Waals surface area contributed by atoms with Gasteiger partial charge in [-0.1, -0.05) is 27.5 Å². The zero-order chi connectivity index (χ0) is 20.4. The van der Waals surface area contributed by atoms with Crippen LogP contribution in [0.25, 0.3) is 0 Å². The Balaban J connectivity index is 1.56. The molecule has 0 atom stereocenters. The highest BCUT2D eigenvalue weighted by Gasteiger charge is 2.35. The first-order valence-electron chi connectivity index (χ1n) is 8.06. The Morgan fingerprint density at radius 1 is 1.14 bits per heavy atom. The lowest BCUT2D eigenvalue weighted by Gasteiger charge is -2.13. The average Bonchev–Trinajstić information content (AvgIpc) is 2.89. The summed E-state index contributed by atoms with van der Waals surface area (Å²) in [6, 6.07) is 8.44. The summed E-state index contributed by atoms with van der Waals surface area (Å²) in [4.78, 5) is 48.0. The fourth-order valence-corrected chi connectivity index (χ4v) is 3.26. The Morgan fingerprint density at radius 2 is 1.86 bits per heavy atom. The van der Waals surface area contributed by atoms with Crippen molar-refractivity contribution in [3.05, 3.63) is 72.7 Å². The molecule has 0 aromatic heterocycles. The minimum absolute atomic E-state index is 0.0123. The molecular weight excluding hydrogens is 456 g/mol. The number of hydrogen-bond acceptors (Lipinski definition) is 6. The number of nitrogens with zero attached hydrogens (tertiary/aromatic N) is 2. The van der Waals surface area contributed by atoms with Crippen LogP contribution in [0.15, 0.2) is 40.9 Å². The van der Waals surface area contributed by atoms with Crippen LogP contribution in [0.2, 0.25) is 5.02 Å². The van der Waals surface area contributed by atoms with Crippen molar-refractivity contribution in [3.8, 4) is 0 Å². The number of carbonyl (C=O) groups excluding carboxylic acids is 3. The molecule has 10 heteroatoms. The monoisotopic (exact) mass is 466 g/mol.